The average Bonchev–Trinajstić information content (AvgIpc) is 2.73. The number of aromatic nitrogens is 1. The molecule has 1 aromatic heterocycles. The molecule has 1 aliphatic rings. The largest absolute Gasteiger partial charge is 0.488 e. The Morgan fingerprint density at radius 1 is 1.00 bits per heavy atom. The van der Waals surface area contributed by atoms with Gasteiger partial charge in [0, 0.05) is 16.8 Å². The Morgan fingerprint density at radius 3 is 2.46 bits per heavy atom. The molecule has 0 bridgehead atoms. The second-order valence-corrected chi connectivity index (χ2v) is 6.26. The monoisotopic (exact) mass is 374 g/mol. The third-order valence-corrected chi connectivity index (χ3v) is 4.40. The van der Waals surface area contributed by atoms with Crippen molar-refractivity contribution in [3.63, 3.8) is 0 Å². The predicted octanol–water partition coefficient (Wildman–Crippen LogP) is 3.28. The van der Waals surface area contributed by atoms with E-state index in [9.17, 15) is 9.59 Å². The lowest BCUT2D eigenvalue weighted by Gasteiger charge is -2.28. The Labute approximate surface area is 161 Å². The number of benzene rings is 2. The van der Waals surface area contributed by atoms with E-state index in [0.717, 1.165) is 5.56 Å². The van der Waals surface area contributed by atoms with Gasteiger partial charge in [0.2, 0.25) is 5.91 Å². The van der Waals surface area contributed by atoms with E-state index < -0.39 is 5.91 Å². The predicted molar refractivity (Wildman–Crippen MR) is 106 cm³/mol. The Kier molecular flexibility index (Phi) is 4.63. The highest BCUT2D eigenvalue weighted by atomic mass is 16.5. The Balaban J connectivity index is 1.63. The van der Waals surface area contributed by atoms with Crippen molar-refractivity contribution in [2.75, 3.05) is 23.4 Å². The molecule has 0 saturated heterocycles. The minimum Gasteiger partial charge on any atom is -0.488 e. The molecule has 0 spiro atoms. The summed E-state index contributed by atoms with van der Waals surface area (Å²) < 4.78 is 5.65. The van der Waals surface area contributed by atoms with Crippen molar-refractivity contribution in [2.45, 2.75) is 0 Å². The van der Waals surface area contributed by atoms with Crippen LogP contribution < -0.4 is 20.7 Å². The molecule has 3 amide bonds. The number of para-hydroxylation sites is 1. The van der Waals surface area contributed by atoms with Crippen LogP contribution in [0.5, 0.6) is 5.75 Å². The van der Waals surface area contributed by atoms with Crippen LogP contribution in [0.3, 0.4) is 0 Å². The van der Waals surface area contributed by atoms with Crippen LogP contribution in [0.2, 0.25) is 0 Å². The summed E-state index contributed by atoms with van der Waals surface area (Å²) in [5.41, 5.74) is 7.89. The van der Waals surface area contributed by atoms with Crippen LogP contribution in [0.25, 0.3) is 11.3 Å². The fraction of sp³-hybridized carbons (Fsp3) is 0.0952. The molecule has 140 valence electrons. The van der Waals surface area contributed by atoms with Crippen LogP contribution in [0, 0.1) is 0 Å². The first kappa shape index (κ1) is 17.5. The molecule has 28 heavy (non-hydrogen) atoms. The standard InChI is InChI=1S/C21H18N4O3/c22-19(26)15-8-6-14(7-9-15)17-10-11-18-20(24-17)25(12-13-28-18)21(27)23-16-4-2-1-3-5-16/h1-11H,12-13H2,(H2,22,26)(H,23,27). The molecule has 2 heterocycles. The number of hydrogen-bond donors (Lipinski definition) is 2. The third-order valence-electron chi connectivity index (χ3n) is 4.40. The average molecular weight is 374 g/mol. The first-order valence-corrected chi connectivity index (χ1v) is 8.79. The third kappa shape index (κ3) is 3.50. The highest BCUT2D eigenvalue weighted by Crippen LogP contribution is 2.33. The second-order valence-electron chi connectivity index (χ2n) is 6.26. The lowest BCUT2D eigenvalue weighted by atomic mass is 10.1. The fourth-order valence-corrected chi connectivity index (χ4v) is 2.97. The first-order chi connectivity index (χ1) is 13.6. The summed E-state index contributed by atoms with van der Waals surface area (Å²) in [4.78, 5) is 30.2. The van der Waals surface area contributed by atoms with Gasteiger partial charge in [0.25, 0.3) is 0 Å². The van der Waals surface area contributed by atoms with Gasteiger partial charge in [-0.3, -0.25) is 9.69 Å². The quantitative estimate of drug-likeness (QED) is 0.735. The SMILES string of the molecule is NC(=O)c1ccc(-c2ccc3c(n2)N(C(=O)Nc2ccccc2)CCO3)cc1. The second kappa shape index (κ2) is 7.40. The number of nitrogens with zero attached hydrogens (tertiary/aromatic N) is 2. The van der Waals surface area contributed by atoms with Crippen molar-refractivity contribution in [1.82, 2.24) is 4.98 Å². The molecule has 0 unspecified atom stereocenters. The van der Waals surface area contributed by atoms with E-state index in [4.69, 9.17) is 10.5 Å². The van der Waals surface area contributed by atoms with Crippen molar-refractivity contribution in [3.8, 4) is 17.0 Å². The van der Waals surface area contributed by atoms with Crippen LogP contribution in [0.1, 0.15) is 10.4 Å². The summed E-state index contributed by atoms with van der Waals surface area (Å²) in [5.74, 6) is 0.519. The van der Waals surface area contributed by atoms with Crippen LogP contribution in [0.4, 0.5) is 16.3 Å². The van der Waals surface area contributed by atoms with E-state index in [1.165, 1.54) is 0 Å². The van der Waals surface area contributed by atoms with Crippen molar-refractivity contribution in [1.29, 1.82) is 0 Å². The molecular weight excluding hydrogens is 356 g/mol. The molecule has 3 aromatic rings. The number of ether oxygens (including phenoxy) is 1. The summed E-state index contributed by atoms with van der Waals surface area (Å²) in [6, 6.07) is 19.4. The normalized spacial score (nSPS) is 12.6. The molecule has 0 radical (unpaired) electrons. The van der Waals surface area contributed by atoms with E-state index >= 15 is 0 Å². The summed E-state index contributed by atoms with van der Waals surface area (Å²) >= 11 is 0. The number of amides is 3. The molecule has 0 saturated carbocycles. The van der Waals surface area contributed by atoms with Gasteiger partial charge >= 0.3 is 6.03 Å². The lowest BCUT2D eigenvalue weighted by Crippen LogP contribution is -2.41. The maximum atomic E-state index is 12.8. The van der Waals surface area contributed by atoms with Gasteiger partial charge in [-0.2, -0.15) is 0 Å². The van der Waals surface area contributed by atoms with Crippen LogP contribution in [-0.2, 0) is 0 Å². The van der Waals surface area contributed by atoms with Gasteiger partial charge in [0.15, 0.2) is 11.6 Å². The molecule has 7 nitrogen and oxygen atoms in total. The minimum absolute atomic E-state index is 0.274. The van der Waals surface area contributed by atoms with Crippen LogP contribution in [0.15, 0.2) is 66.7 Å². The molecule has 0 atom stereocenters. The van der Waals surface area contributed by atoms with E-state index in [0.29, 0.717) is 41.7 Å². The highest BCUT2D eigenvalue weighted by Gasteiger charge is 2.26. The van der Waals surface area contributed by atoms with Gasteiger partial charge in [-0.15, -0.1) is 0 Å². The number of nitrogens with two attached hydrogens (primary N) is 1. The molecule has 0 aliphatic carbocycles. The zero-order valence-corrected chi connectivity index (χ0v) is 15.0. The Morgan fingerprint density at radius 2 is 1.75 bits per heavy atom. The molecule has 3 N–H and O–H groups in total. The van der Waals surface area contributed by atoms with E-state index in [1.807, 2.05) is 36.4 Å². The number of carbonyl (C=O) groups excluding carboxylic acids is 2. The topological polar surface area (TPSA) is 97.6 Å². The number of urea groups is 1. The van der Waals surface area contributed by atoms with Gasteiger partial charge in [-0.1, -0.05) is 30.3 Å². The van der Waals surface area contributed by atoms with E-state index in [-0.39, 0.29) is 6.03 Å². The summed E-state index contributed by atoms with van der Waals surface area (Å²) in [5, 5.41) is 2.87. The fourth-order valence-electron chi connectivity index (χ4n) is 2.97. The smallest absolute Gasteiger partial charge is 0.327 e. The number of anilines is 2. The van der Waals surface area contributed by atoms with Gasteiger partial charge in [0.05, 0.1) is 12.2 Å². The first-order valence-electron chi connectivity index (χ1n) is 8.79. The van der Waals surface area contributed by atoms with Gasteiger partial charge in [-0.25, -0.2) is 9.78 Å². The van der Waals surface area contributed by atoms with Crippen molar-refractivity contribution >= 4 is 23.4 Å². The van der Waals surface area contributed by atoms with Gasteiger partial charge < -0.3 is 15.8 Å². The van der Waals surface area contributed by atoms with Gasteiger partial charge in [-0.05, 0) is 36.4 Å². The van der Waals surface area contributed by atoms with Gasteiger partial charge in [0.1, 0.15) is 6.61 Å². The maximum absolute atomic E-state index is 12.8. The molecular formula is C21H18N4O3. The Hall–Kier alpha value is -3.87. The zero-order chi connectivity index (χ0) is 19.5. The van der Waals surface area contributed by atoms with E-state index in [1.54, 1.807) is 35.2 Å². The van der Waals surface area contributed by atoms with Crippen LogP contribution in [-0.4, -0.2) is 30.1 Å². The minimum atomic E-state index is -0.484. The number of nitrogens with one attached hydrogen (secondary N) is 1. The molecule has 0 fully saturated rings. The van der Waals surface area contributed by atoms with Crippen molar-refractivity contribution in [2.24, 2.45) is 5.73 Å². The zero-order valence-electron chi connectivity index (χ0n) is 15.0. The molecule has 1 aliphatic heterocycles. The van der Waals surface area contributed by atoms with E-state index in [2.05, 4.69) is 10.3 Å². The number of rotatable bonds is 3. The molecule has 7 heteroatoms. The number of fused-ring (bicyclic) bond motifs is 1. The van der Waals surface area contributed by atoms with Crippen molar-refractivity contribution in [3.05, 3.63) is 72.3 Å². The van der Waals surface area contributed by atoms with Crippen molar-refractivity contribution < 1.29 is 14.3 Å². The summed E-state index contributed by atoms with van der Waals surface area (Å²) in [6.07, 6.45) is 0. The number of hydrogen-bond acceptors (Lipinski definition) is 4. The number of primary amides is 1. The van der Waals surface area contributed by atoms with Crippen LogP contribution >= 0.6 is 0 Å². The maximum Gasteiger partial charge on any atom is 0.327 e. The highest BCUT2D eigenvalue weighted by molar-refractivity contribution is 6.02. The Bertz CT molecular complexity index is 1020. The molecule has 2 aromatic carbocycles. The summed E-state index contributed by atoms with van der Waals surface area (Å²) in [7, 11) is 0. The lowest BCUT2D eigenvalue weighted by molar-refractivity contribution is 0.100. The number of pyridine rings is 1. The summed E-state index contributed by atoms with van der Waals surface area (Å²) in [6.45, 7) is 0.784. The number of carbonyl (C=O) groups is 2. The molecule has 4 rings (SSSR count).